The number of nitrogens with zero attached hydrogens (tertiary/aromatic N) is 1. The summed E-state index contributed by atoms with van der Waals surface area (Å²) in [6.45, 7) is 3.48. The van der Waals surface area contributed by atoms with E-state index in [1.165, 1.54) is 13.8 Å². The first-order chi connectivity index (χ1) is 11.5. The second-order valence-corrected chi connectivity index (χ2v) is 6.13. The molecule has 1 aromatic heterocycles. The van der Waals surface area contributed by atoms with E-state index in [4.69, 9.17) is 16.3 Å². The molecule has 0 saturated heterocycles. The van der Waals surface area contributed by atoms with Crippen LogP contribution in [0.15, 0.2) is 42.5 Å². The number of alkyl halides is 1. The maximum atomic E-state index is 11.9. The number of esters is 1. The van der Waals surface area contributed by atoms with Gasteiger partial charge < -0.3 is 9.30 Å². The number of ether oxygens (including phenoxy) is 1. The molecule has 0 radical (unpaired) electrons. The van der Waals surface area contributed by atoms with Crippen molar-refractivity contribution in [3.8, 4) is 0 Å². The fourth-order valence-corrected chi connectivity index (χ4v) is 3.42. The summed E-state index contributed by atoms with van der Waals surface area (Å²) in [5.74, 6) is 0.370. The predicted molar refractivity (Wildman–Crippen MR) is 93.7 cm³/mol. The monoisotopic (exact) mass is 343 g/mol. The van der Waals surface area contributed by atoms with Crippen LogP contribution in [0.2, 0.25) is 0 Å². The SMILES string of the molecule is CC(=O)OC1=C(c2ccccc2)C(CCl)Cn2c(C(C)=O)ccc21. The number of ketones is 1. The summed E-state index contributed by atoms with van der Waals surface area (Å²) >= 11 is 6.22. The van der Waals surface area contributed by atoms with E-state index in [9.17, 15) is 9.59 Å². The number of allylic oxidation sites excluding steroid dienone is 1. The van der Waals surface area contributed by atoms with Gasteiger partial charge in [0.05, 0.1) is 11.4 Å². The van der Waals surface area contributed by atoms with Crippen LogP contribution >= 0.6 is 11.6 Å². The van der Waals surface area contributed by atoms with Gasteiger partial charge in [0.2, 0.25) is 0 Å². The molecule has 1 atom stereocenters. The van der Waals surface area contributed by atoms with Gasteiger partial charge in [-0.3, -0.25) is 9.59 Å². The molecule has 1 aliphatic rings. The highest BCUT2D eigenvalue weighted by molar-refractivity contribution is 6.19. The lowest BCUT2D eigenvalue weighted by Crippen LogP contribution is -2.25. The molecule has 4 nitrogen and oxygen atoms in total. The predicted octanol–water partition coefficient (Wildman–Crippen LogP) is 3.99. The van der Waals surface area contributed by atoms with Gasteiger partial charge in [0.25, 0.3) is 0 Å². The van der Waals surface area contributed by atoms with Crippen LogP contribution in [0.4, 0.5) is 0 Å². The van der Waals surface area contributed by atoms with E-state index in [0.717, 1.165) is 16.8 Å². The lowest BCUT2D eigenvalue weighted by Gasteiger charge is -2.29. The molecule has 24 heavy (non-hydrogen) atoms. The van der Waals surface area contributed by atoms with Crippen molar-refractivity contribution in [3.63, 3.8) is 0 Å². The molecule has 124 valence electrons. The van der Waals surface area contributed by atoms with Crippen molar-refractivity contribution in [1.29, 1.82) is 0 Å². The van der Waals surface area contributed by atoms with Crippen LogP contribution in [-0.2, 0) is 16.1 Å². The maximum absolute atomic E-state index is 11.9. The van der Waals surface area contributed by atoms with Crippen LogP contribution in [0.5, 0.6) is 0 Å². The van der Waals surface area contributed by atoms with E-state index >= 15 is 0 Å². The summed E-state index contributed by atoms with van der Waals surface area (Å²) in [4.78, 5) is 23.5. The standard InChI is InChI=1S/C19H18ClNO3/c1-12(22)16-8-9-17-19(24-13(2)23)18(14-6-4-3-5-7-14)15(10-20)11-21(16)17/h3-9,15H,10-11H2,1-2H3. The molecule has 1 aliphatic heterocycles. The minimum absolute atomic E-state index is 0.0279. The Labute approximate surface area is 145 Å². The van der Waals surface area contributed by atoms with Gasteiger partial charge in [-0.25, -0.2) is 0 Å². The number of aromatic nitrogens is 1. The average Bonchev–Trinajstić information content (AvgIpc) is 2.99. The number of halogens is 1. The van der Waals surface area contributed by atoms with Crippen LogP contribution in [0, 0.1) is 5.92 Å². The molecule has 2 aromatic rings. The first kappa shape index (κ1) is 16.5. The minimum Gasteiger partial charge on any atom is -0.424 e. The highest BCUT2D eigenvalue weighted by atomic mass is 35.5. The van der Waals surface area contributed by atoms with E-state index < -0.39 is 5.97 Å². The van der Waals surface area contributed by atoms with Crippen molar-refractivity contribution in [2.24, 2.45) is 5.92 Å². The first-order valence-corrected chi connectivity index (χ1v) is 8.31. The van der Waals surface area contributed by atoms with Crippen molar-refractivity contribution in [2.75, 3.05) is 5.88 Å². The molecule has 1 aromatic carbocycles. The molecule has 2 heterocycles. The number of carbonyl (C=O) groups is 2. The number of carbonyl (C=O) groups excluding carboxylic acids is 2. The molecular formula is C19H18ClNO3. The summed E-state index contributed by atoms with van der Waals surface area (Å²) in [7, 11) is 0. The van der Waals surface area contributed by atoms with Gasteiger partial charge in [0, 0.05) is 37.8 Å². The van der Waals surface area contributed by atoms with Gasteiger partial charge in [-0.2, -0.15) is 0 Å². The third kappa shape index (κ3) is 2.89. The van der Waals surface area contributed by atoms with Crippen molar-refractivity contribution in [1.82, 2.24) is 4.57 Å². The zero-order valence-corrected chi connectivity index (χ0v) is 14.3. The Hall–Kier alpha value is -2.33. The number of Topliss-reactive ketones (excluding diaryl/α,β-unsaturated/α-hetero) is 1. The van der Waals surface area contributed by atoms with Gasteiger partial charge in [-0.05, 0) is 17.7 Å². The minimum atomic E-state index is -0.397. The lowest BCUT2D eigenvalue weighted by molar-refractivity contribution is -0.134. The largest absolute Gasteiger partial charge is 0.424 e. The number of rotatable bonds is 4. The van der Waals surface area contributed by atoms with E-state index in [1.54, 1.807) is 6.07 Å². The Balaban J connectivity index is 2.26. The van der Waals surface area contributed by atoms with Crippen LogP contribution in [0.25, 0.3) is 11.3 Å². The van der Waals surface area contributed by atoms with E-state index in [0.29, 0.717) is 23.9 Å². The van der Waals surface area contributed by atoms with Crippen molar-refractivity contribution < 1.29 is 14.3 Å². The third-order valence-corrected chi connectivity index (χ3v) is 4.52. The zero-order valence-electron chi connectivity index (χ0n) is 13.6. The number of fused-ring (bicyclic) bond motifs is 1. The van der Waals surface area contributed by atoms with Gasteiger partial charge in [-0.1, -0.05) is 30.3 Å². The molecule has 3 rings (SSSR count). The second-order valence-electron chi connectivity index (χ2n) is 5.82. The Morgan fingerprint density at radius 2 is 1.88 bits per heavy atom. The normalized spacial score (nSPS) is 16.7. The van der Waals surface area contributed by atoms with Crippen LogP contribution in [0.3, 0.4) is 0 Å². The summed E-state index contributed by atoms with van der Waals surface area (Å²) < 4.78 is 7.45. The highest BCUT2D eigenvalue weighted by Gasteiger charge is 2.31. The second kappa shape index (κ2) is 6.65. The molecule has 0 spiro atoms. The molecule has 0 N–H and O–H groups in total. The Morgan fingerprint density at radius 3 is 2.46 bits per heavy atom. The summed E-state index contributed by atoms with van der Waals surface area (Å²) in [5, 5.41) is 0. The van der Waals surface area contributed by atoms with E-state index in [1.807, 2.05) is 41.0 Å². The number of hydrogen-bond donors (Lipinski definition) is 0. The van der Waals surface area contributed by atoms with Crippen LogP contribution in [-0.4, -0.2) is 22.2 Å². The summed E-state index contributed by atoms with van der Waals surface area (Å²) in [5.41, 5.74) is 3.20. The fourth-order valence-electron chi connectivity index (χ4n) is 3.17. The Morgan fingerprint density at radius 1 is 1.17 bits per heavy atom. The number of hydrogen-bond acceptors (Lipinski definition) is 3. The lowest BCUT2D eigenvalue weighted by atomic mass is 9.89. The smallest absolute Gasteiger partial charge is 0.308 e. The van der Waals surface area contributed by atoms with E-state index in [2.05, 4.69) is 0 Å². The molecule has 0 saturated carbocycles. The average molecular weight is 344 g/mol. The van der Waals surface area contributed by atoms with Gasteiger partial charge in [0.15, 0.2) is 11.5 Å². The summed E-state index contributed by atoms with van der Waals surface area (Å²) in [6.07, 6.45) is 0. The summed E-state index contributed by atoms with van der Waals surface area (Å²) in [6, 6.07) is 13.3. The van der Waals surface area contributed by atoms with E-state index in [-0.39, 0.29) is 11.7 Å². The van der Waals surface area contributed by atoms with Crippen molar-refractivity contribution in [2.45, 2.75) is 20.4 Å². The molecule has 0 bridgehead atoms. The molecule has 0 fully saturated rings. The molecule has 0 amide bonds. The molecular weight excluding hydrogens is 326 g/mol. The Kier molecular flexibility index (Phi) is 4.58. The first-order valence-electron chi connectivity index (χ1n) is 7.77. The van der Waals surface area contributed by atoms with Crippen LogP contribution < -0.4 is 0 Å². The molecule has 1 unspecified atom stereocenters. The topological polar surface area (TPSA) is 48.3 Å². The maximum Gasteiger partial charge on any atom is 0.308 e. The van der Waals surface area contributed by atoms with Crippen molar-refractivity contribution in [3.05, 3.63) is 59.4 Å². The zero-order chi connectivity index (χ0) is 17.3. The quantitative estimate of drug-likeness (QED) is 0.479. The molecule has 0 aliphatic carbocycles. The highest BCUT2D eigenvalue weighted by Crippen LogP contribution is 2.40. The van der Waals surface area contributed by atoms with Gasteiger partial charge >= 0.3 is 5.97 Å². The Bertz CT molecular complexity index is 820. The molecule has 5 heteroatoms. The van der Waals surface area contributed by atoms with Crippen molar-refractivity contribution >= 4 is 34.7 Å². The number of benzene rings is 1. The third-order valence-electron chi connectivity index (χ3n) is 4.15. The van der Waals surface area contributed by atoms with Gasteiger partial charge in [0.1, 0.15) is 0 Å². The van der Waals surface area contributed by atoms with Gasteiger partial charge in [-0.15, -0.1) is 11.6 Å². The van der Waals surface area contributed by atoms with Crippen LogP contribution in [0.1, 0.15) is 35.6 Å². The fraction of sp³-hybridized carbons (Fsp3) is 0.263.